The summed E-state index contributed by atoms with van der Waals surface area (Å²) >= 11 is 2.31. The van der Waals surface area contributed by atoms with Crippen molar-refractivity contribution < 1.29 is 0 Å². The van der Waals surface area contributed by atoms with Crippen LogP contribution in [0.3, 0.4) is 0 Å². The van der Waals surface area contributed by atoms with E-state index >= 15 is 0 Å². The molecule has 0 radical (unpaired) electrons. The van der Waals surface area contributed by atoms with Gasteiger partial charge in [-0.05, 0) is 46.8 Å². The fourth-order valence-corrected chi connectivity index (χ4v) is 3.62. The van der Waals surface area contributed by atoms with Crippen LogP contribution < -0.4 is 5.73 Å². The first-order valence-corrected chi connectivity index (χ1v) is 6.82. The fraction of sp³-hybridized carbons (Fsp3) is 0.818. The zero-order valence-electron chi connectivity index (χ0n) is 10.1. The molecule has 2 rings (SSSR count). The lowest BCUT2D eigenvalue weighted by molar-refractivity contribution is 0.340. The van der Waals surface area contributed by atoms with Gasteiger partial charge in [0.1, 0.15) is 9.39 Å². The van der Waals surface area contributed by atoms with Crippen LogP contribution in [0.15, 0.2) is 0 Å². The normalized spacial score (nSPS) is 28.6. The van der Waals surface area contributed by atoms with Gasteiger partial charge in [-0.15, -0.1) is 5.10 Å². The molecule has 1 aromatic rings. The van der Waals surface area contributed by atoms with E-state index in [2.05, 4.69) is 58.4 Å². The second-order valence-corrected chi connectivity index (χ2v) is 6.61. The van der Waals surface area contributed by atoms with Crippen molar-refractivity contribution in [2.75, 3.05) is 0 Å². The summed E-state index contributed by atoms with van der Waals surface area (Å²) in [6.45, 7) is 7.44. The van der Waals surface area contributed by atoms with Crippen LogP contribution in [0.2, 0.25) is 0 Å². The van der Waals surface area contributed by atoms with Crippen molar-refractivity contribution in [1.82, 2.24) is 15.0 Å². The molecular weight excluding hydrogens is 315 g/mol. The Morgan fingerprint density at radius 2 is 2.19 bits per heavy atom. The highest BCUT2D eigenvalue weighted by atomic mass is 127. The van der Waals surface area contributed by atoms with E-state index in [-0.39, 0.29) is 0 Å². The van der Waals surface area contributed by atoms with E-state index in [9.17, 15) is 0 Å². The van der Waals surface area contributed by atoms with Crippen molar-refractivity contribution in [3.8, 4) is 0 Å². The summed E-state index contributed by atoms with van der Waals surface area (Å²) in [6.07, 6.45) is 2.43. The lowest BCUT2D eigenvalue weighted by Crippen LogP contribution is -2.15. The van der Waals surface area contributed by atoms with Crippen LogP contribution in [0.5, 0.6) is 0 Å². The molecule has 0 aliphatic heterocycles. The van der Waals surface area contributed by atoms with Gasteiger partial charge >= 0.3 is 0 Å². The lowest BCUT2D eigenvalue weighted by atomic mass is 9.91. The number of hydrogen-bond acceptors (Lipinski definition) is 3. The average molecular weight is 334 g/mol. The number of hydrogen-bond donors (Lipinski definition) is 1. The van der Waals surface area contributed by atoms with E-state index in [1.165, 1.54) is 12.8 Å². The third-order valence-corrected chi connectivity index (χ3v) is 4.62. The largest absolute Gasteiger partial charge is 0.325 e. The van der Waals surface area contributed by atoms with Gasteiger partial charge in [-0.2, -0.15) is 0 Å². The molecule has 90 valence electrons. The van der Waals surface area contributed by atoms with Crippen LogP contribution in [-0.4, -0.2) is 15.0 Å². The van der Waals surface area contributed by atoms with Gasteiger partial charge in [0.15, 0.2) is 0 Å². The van der Waals surface area contributed by atoms with Crippen molar-refractivity contribution in [2.24, 2.45) is 17.1 Å². The highest BCUT2D eigenvalue weighted by Gasteiger charge is 2.39. The van der Waals surface area contributed by atoms with Crippen molar-refractivity contribution in [2.45, 2.75) is 46.2 Å². The van der Waals surface area contributed by atoms with Gasteiger partial charge in [-0.3, -0.25) is 0 Å². The highest BCUT2D eigenvalue weighted by Crippen LogP contribution is 2.47. The molecule has 2 N–H and O–H groups in total. The summed E-state index contributed by atoms with van der Waals surface area (Å²) < 4.78 is 3.18. The lowest BCUT2D eigenvalue weighted by Gasteiger charge is -2.17. The molecule has 2 unspecified atom stereocenters. The van der Waals surface area contributed by atoms with E-state index in [1.54, 1.807) is 0 Å². The predicted molar refractivity (Wildman–Crippen MR) is 71.8 cm³/mol. The molecule has 1 aliphatic rings. The number of nitrogens with zero attached hydrogens (tertiary/aromatic N) is 3. The topological polar surface area (TPSA) is 56.7 Å². The van der Waals surface area contributed by atoms with Crippen molar-refractivity contribution >= 4 is 22.6 Å². The molecule has 16 heavy (non-hydrogen) atoms. The molecule has 0 spiro atoms. The Morgan fingerprint density at radius 1 is 1.50 bits per heavy atom. The molecule has 1 saturated carbocycles. The minimum absolute atomic E-state index is 0.419. The van der Waals surface area contributed by atoms with E-state index in [1.807, 2.05) is 0 Å². The van der Waals surface area contributed by atoms with Crippen molar-refractivity contribution in [3.63, 3.8) is 0 Å². The van der Waals surface area contributed by atoms with E-state index in [0.717, 1.165) is 9.39 Å². The summed E-state index contributed by atoms with van der Waals surface area (Å²) in [6, 6.07) is 0.481. The average Bonchev–Trinajstić information content (AvgIpc) is 2.66. The highest BCUT2D eigenvalue weighted by molar-refractivity contribution is 14.1. The quantitative estimate of drug-likeness (QED) is 0.845. The minimum Gasteiger partial charge on any atom is -0.325 e. The third-order valence-electron chi connectivity index (χ3n) is 3.50. The Labute approximate surface area is 110 Å². The summed E-state index contributed by atoms with van der Waals surface area (Å²) in [7, 11) is 0. The molecule has 0 saturated heterocycles. The Kier molecular flexibility index (Phi) is 3.27. The summed E-state index contributed by atoms with van der Waals surface area (Å²) in [5.41, 5.74) is 6.96. The number of halogens is 1. The Hall–Kier alpha value is -0.170. The van der Waals surface area contributed by atoms with E-state index in [0.29, 0.717) is 23.9 Å². The molecular formula is C11H19IN4. The summed E-state index contributed by atoms with van der Waals surface area (Å²) in [5.74, 6) is 0.663. The SMILES string of the molecule is CC1CC(C)(C)CC1n1nnc(CN)c1I. The van der Waals surface area contributed by atoms with Gasteiger partial charge in [0, 0.05) is 6.54 Å². The number of nitrogens with two attached hydrogens (primary N) is 1. The van der Waals surface area contributed by atoms with Crippen LogP contribution in [0.25, 0.3) is 0 Å². The first-order chi connectivity index (χ1) is 7.44. The van der Waals surface area contributed by atoms with Crippen molar-refractivity contribution in [1.29, 1.82) is 0 Å². The molecule has 0 amide bonds. The standard InChI is InChI=1S/C11H19IN4/c1-7-4-11(2,3)5-9(7)16-10(12)8(6-13)14-15-16/h7,9H,4-6,13H2,1-3H3. The Bertz CT molecular complexity index is 385. The molecule has 1 heterocycles. The maximum Gasteiger partial charge on any atom is 0.124 e. The molecule has 0 bridgehead atoms. The van der Waals surface area contributed by atoms with Crippen LogP contribution in [-0.2, 0) is 6.54 Å². The van der Waals surface area contributed by atoms with Crippen LogP contribution in [0.4, 0.5) is 0 Å². The fourth-order valence-electron chi connectivity index (χ4n) is 2.84. The smallest absolute Gasteiger partial charge is 0.124 e. The van der Waals surface area contributed by atoms with Crippen molar-refractivity contribution in [3.05, 3.63) is 9.39 Å². The van der Waals surface area contributed by atoms with Gasteiger partial charge in [-0.1, -0.05) is 26.0 Å². The van der Waals surface area contributed by atoms with Gasteiger partial charge in [0.2, 0.25) is 0 Å². The summed E-state index contributed by atoms with van der Waals surface area (Å²) in [5, 5.41) is 8.41. The van der Waals surface area contributed by atoms with Crippen LogP contribution >= 0.6 is 22.6 Å². The first-order valence-electron chi connectivity index (χ1n) is 5.74. The predicted octanol–water partition coefficient (Wildman–Crippen LogP) is 2.34. The number of rotatable bonds is 2. The van der Waals surface area contributed by atoms with Gasteiger partial charge in [0.05, 0.1) is 6.04 Å². The Morgan fingerprint density at radius 3 is 2.62 bits per heavy atom. The molecule has 1 fully saturated rings. The van der Waals surface area contributed by atoms with Crippen LogP contribution in [0.1, 0.15) is 45.3 Å². The second kappa shape index (κ2) is 4.25. The maximum atomic E-state index is 5.63. The van der Waals surface area contributed by atoms with Crippen LogP contribution in [0, 0.1) is 15.0 Å². The third kappa shape index (κ3) is 2.11. The van der Waals surface area contributed by atoms with Gasteiger partial charge < -0.3 is 5.73 Å². The minimum atomic E-state index is 0.419. The first kappa shape index (κ1) is 12.3. The molecule has 1 aromatic heterocycles. The molecule has 0 aromatic carbocycles. The zero-order valence-corrected chi connectivity index (χ0v) is 12.2. The monoisotopic (exact) mass is 334 g/mol. The maximum absolute atomic E-state index is 5.63. The van der Waals surface area contributed by atoms with E-state index in [4.69, 9.17) is 5.73 Å². The summed E-state index contributed by atoms with van der Waals surface area (Å²) in [4.78, 5) is 0. The molecule has 1 aliphatic carbocycles. The number of aromatic nitrogens is 3. The molecule has 2 atom stereocenters. The second-order valence-electron chi connectivity index (χ2n) is 5.59. The van der Waals surface area contributed by atoms with Gasteiger partial charge in [0.25, 0.3) is 0 Å². The molecule has 4 nitrogen and oxygen atoms in total. The zero-order chi connectivity index (χ0) is 11.9. The van der Waals surface area contributed by atoms with E-state index < -0.39 is 0 Å². The van der Waals surface area contributed by atoms with Gasteiger partial charge in [-0.25, -0.2) is 4.68 Å². The molecule has 5 heteroatoms. The Balaban J connectivity index is 2.28.